The van der Waals surface area contributed by atoms with Crippen molar-refractivity contribution < 1.29 is 14.0 Å². The van der Waals surface area contributed by atoms with Gasteiger partial charge in [-0.3, -0.25) is 9.59 Å². The first-order valence-corrected chi connectivity index (χ1v) is 10.9. The van der Waals surface area contributed by atoms with E-state index < -0.39 is 23.7 Å². The van der Waals surface area contributed by atoms with E-state index in [2.05, 4.69) is 31.2 Å². The molecule has 6 N–H and O–H groups in total. The number of carbonyl (C=O) groups is 2. The number of primary amides is 1. The van der Waals surface area contributed by atoms with Crippen LogP contribution in [0.25, 0.3) is 0 Å². The molecule has 2 aliphatic rings. The summed E-state index contributed by atoms with van der Waals surface area (Å²) in [5.41, 5.74) is 6.90. The van der Waals surface area contributed by atoms with Gasteiger partial charge in [-0.25, -0.2) is 9.37 Å². The van der Waals surface area contributed by atoms with E-state index in [1.165, 1.54) is 0 Å². The van der Waals surface area contributed by atoms with Gasteiger partial charge in [-0.15, -0.1) is 0 Å². The van der Waals surface area contributed by atoms with E-state index in [-0.39, 0.29) is 36.1 Å². The Kier molecular flexibility index (Phi) is 6.50. The van der Waals surface area contributed by atoms with Crippen molar-refractivity contribution in [2.45, 2.75) is 32.2 Å². The third-order valence-corrected chi connectivity index (χ3v) is 6.31. The van der Waals surface area contributed by atoms with Gasteiger partial charge in [0.25, 0.3) is 0 Å². The van der Waals surface area contributed by atoms with Gasteiger partial charge in [0.1, 0.15) is 0 Å². The van der Waals surface area contributed by atoms with Gasteiger partial charge >= 0.3 is 0 Å². The number of fused-ring (bicyclic) bond motifs is 5. The summed E-state index contributed by atoms with van der Waals surface area (Å²) < 4.78 is 14.6. The van der Waals surface area contributed by atoms with Crippen LogP contribution in [0.1, 0.15) is 26.2 Å². The molecule has 2 heterocycles. The van der Waals surface area contributed by atoms with Gasteiger partial charge < -0.3 is 27.0 Å². The van der Waals surface area contributed by atoms with E-state index in [1.807, 2.05) is 0 Å². The number of halogens is 1. The minimum atomic E-state index is -0.605. The number of hydrogen-bond acceptors (Lipinski definition) is 7. The lowest BCUT2D eigenvalue weighted by atomic mass is 9.82. The Morgan fingerprint density at radius 3 is 2.81 bits per heavy atom. The first-order chi connectivity index (χ1) is 15.4. The molecule has 1 aliphatic carbocycles. The van der Waals surface area contributed by atoms with Gasteiger partial charge in [0.15, 0.2) is 11.6 Å². The fraction of sp³-hybridized carbons (Fsp3) is 0.455. The third kappa shape index (κ3) is 4.96. The molecule has 32 heavy (non-hydrogen) atoms. The summed E-state index contributed by atoms with van der Waals surface area (Å²) in [4.78, 5) is 32.8. The Morgan fingerprint density at radius 2 is 2.03 bits per heavy atom. The van der Waals surface area contributed by atoms with E-state index >= 15 is 0 Å². The number of hydrogen-bond donors (Lipinski definition) is 5. The summed E-state index contributed by atoms with van der Waals surface area (Å²) in [6, 6.07) is 6.70. The molecule has 2 amide bonds. The summed E-state index contributed by atoms with van der Waals surface area (Å²) in [7, 11) is 0. The molecule has 1 aliphatic heterocycles. The number of rotatable bonds is 2. The van der Waals surface area contributed by atoms with E-state index in [0.29, 0.717) is 17.9 Å². The van der Waals surface area contributed by atoms with Gasteiger partial charge in [-0.05, 0) is 49.4 Å². The van der Waals surface area contributed by atoms with Crippen molar-refractivity contribution in [3.05, 3.63) is 36.3 Å². The molecule has 1 saturated carbocycles. The maximum Gasteiger partial charge on any atom is 0.238 e. The van der Waals surface area contributed by atoms with Crippen molar-refractivity contribution in [3.63, 3.8) is 0 Å². The standard InChI is InChI=1S/C22H28FN7O2/c1-12(20(24)32)19-16-7-2-4-13(16)9-25-11-18(31)27-14-5-3-6-15(8-14)28-22-26-10-17(23)21(29-19)30-22/h3,5-6,8,10,12-13,16,19,25H,2,4,7,9,11H2,1H3,(H2,24,32)(H,27,31)(H2,26,28,29,30)/t12-,13-,16+,19-/m0/s1. The van der Waals surface area contributed by atoms with Crippen LogP contribution in [0.15, 0.2) is 30.5 Å². The molecule has 4 bridgehead atoms. The second-order valence-electron chi connectivity index (χ2n) is 8.49. The fourth-order valence-corrected chi connectivity index (χ4v) is 4.64. The summed E-state index contributed by atoms with van der Waals surface area (Å²) in [6.07, 6.45) is 3.89. The van der Waals surface area contributed by atoms with Crippen LogP contribution in [0.2, 0.25) is 0 Å². The molecule has 2 aromatic rings. The Bertz CT molecular complexity index is 1000. The van der Waals surface area contributed by atoms with Crippen molar-refractivity contribution in [2.75, 3.05) is 29.0 Å². The Morgan fingerprint density at radius 1 is 1.25 bits per heavy atom. The Hall–Kier alpha value is -3.27. The Labute approximate surface area is 185 Å². The van der Waals surface area contributed by atoms with Crippen LogP contribution in [-0.4, -0.2) is 40.9 Å². The van der Waals surface area contributed by atoms with Crippen LogP contribution < -0.4 is 27.0 Å². The number of benzene rings is 1. The summed E-state index contributed by atoms with van der Waals surface area (Å²) in [5, 5.41) is 12.3. The second kappa shape index (κ2) is 9.47. The van der Waals surface area contributed by atoms with Crippen LogP contribution in [0.5, 0.6) is 0 Å². The molecular weight excluding hydrogens is 413 g/mol. The molecule has 1 aromatic heterocycles. The summed E-state index contributed by atoms with van der Waals surface area (Å²) in [6.45, 7) is 2.53. The average molecular weight is 442 g/mol. The van der Waals surface area contributed by atoms with E-state index in [1.54, 1.807) is 31.2 Å². The lowest BCUT2D eigenvalue weighted by Crippen LogP contribution is -2.45. The lowest BCUT2D eigenvalue weighted by Gasteiger charge is -2.33. The normalized spacial score (nSPS) is 24.4. The molecule has 0 unspecified atom stereocenters. The molecule has 4 rings (SSSR count). The fourth-order valence-electron chi connectivity index (χ4n) is 4.64. The highest BCUT2D eigenvalue weighted by atomic mass is 19.1. The van der Waals surface area contributed by atoms with Crippen LogP contribution in [0, 0.1) is 23.6 Å². The molecule has 1 fully saturated rings. The van der Waals surface area contributed by atoms with E-state index in [0.717, 1.165) is 25.5 Å². The minimum absolute atomic E-state index is 0.0239. The Balaban J connectivity index is 1.71. The zero-order valence-corrected chi connectivity index (χ0v) is 17.9. The summed E-state index contributed by atoms with van der Waals surface area (Å²) in [5.74, 6) is -1.25. The first kappa shape index (κ1) is 21.9. The lowest BCUT2D eigenvalue weighted by molar-refractivity contribution is -0.122. The zero-order valence-electron chi connectivity index (χ0n) is 17.9. The van der Waals surface area contributed by atoms with Crippen LogP contribution in [0.3, 0.4) is 0 Å². The van der Waals surface area contributed by atoms with Crippen LogP contribution in [0.4, 0.5) is 27.5 Å². The summed E-state index contributed by atoms with van der Waals surface area (Å²) >= 11 is 0. The quantitative estimate of drug-likeness (QED) is 0.482. The topological polar surface area (TPSA) is 134 Å². The maximum atomic E-state index is 14.6. The molecule has 0 saturated heterocycles. The first-order valence-electron chi connectivity index (χ1n) is 10.9. The minimum Gasteiger partial charge on any atom is -0.369 e. The highest BCUT2D eigenvalue weighted by Crippen LogP contribution is 2.37. The highest BCUT2D eigenvalue weighted by Gasteiger charge is 2.38. The van der Waals surface area contributed by atoms with Gasteiger partial charge in [0, 0.05) is 17.4 Å². The molecular formula is C22H28FN7O2. The second-order valence-corrected chi connectivity index (χ2v) is 8.49. The number of nitrogens with one attached hydrogen (secondary N) is 4. The highest BCUT2D eigenvalue weighted by molar-refractivity contribution is 5.92. The van der Waals surface area contributed by atoms with Crippen molar-refractivity contribution in [2.24, 2.45) is 23.5 Å². The molecule has 170 valence electrons. The molecule has 4 atom stereocenters. The molecule has 9 nitrogen and oxygen atoms in total. The van der Waals surface area contributed by atoms with Crippen molar-refractivity contribution >= 4 is 35.0 Å². The monoisotopic (exact) mass is 441 g/mol. The number of anilines is 4. The number of carbonyl (C=O) groups excluding carboxylic acids is 2. The number of nitrogens with two attached hydrogens (primary N) is 1. The SMILES string of the molecule is C[C@H](C(N)=O)[C@@H]1Nc2nc(ncc2F)Nc2cccc(c2)NC(=O)CNC[C@@H]2CCC[C@H]21. The number of amides is 2. The molecule has 0 spiro atoms. The molecule has 0 radical (unpaired) electrons. The van der Waals surface area contributed by atoms with Crippen molar-refractivity contribution in [1.82, 2.24) is 15.3 Å². The van der Waals surface area contributed by atoms with E-state index in [9.17, 15) is 14.0 Å². The average Bonchev–Trinajstić information content (AvgIpc) is 3.21. The van der Waals surface area contributed by atoms with Gasteiger partial charge in [0.2, 0.25) is 17.8 Å². The third-order valence-electron chi connectivity index (χ3n) is 6.31. The van der Waals surface area contributed by atoms with Gasteiger partial charge in [-0.2, -0.15) is 4.98 Å². The smallest absolute Gasteiger partial charge is 0.238 e. The van der Waals surface area contributed by atoms with Crippen molar-refractivity contribution in [1.29, 1.82) is 0 Å². The van der Waals surface area contributed by atoms with E-state index in [4.69, 9.17) is 5.73 Å². The van der Waals surface area contributed by atoms with Gasteiger partial charge in [-0.1, -0.05) is 19.4 Å². The van der Waals surface area contributed by atoms with Gasteiger partial charge in [0.05, 0.1) is 18.7 Å². The predicted molar refractivity (Wildman–Crippen MR) is 120 cm³/mol. The van der Waals surface area contributed by atoms with Crippen molar-refractivity contribution in [3.8, 4) is 0 Å². The van der Waals surface area contributed by atoms with Crippen LogP contribution in [-0.2, 0) is 9.59 Å². The zero-order chi connectivity index (χ0) is 22.7. The molecule has 10 heteroatoms. The number of aromatic nitrogens is 2. The largest absolute Gasteiger partial charge is 0.369 e. The number of nitrogens with zero attached hydrogens (tertiary/aromatic N) is 2. The maximum absolute atomic E-state index is 14.6. The molecule has 1 aromatic carbocycles. The van der Waals surface area contributed by atoms with Crippen LogP contribution >= 0.6 is 0 Å². The predicted octanol–water partition coefficient (Wildman–Crippen LogP) is 2.22.